The lowest BCUT2D eigenvalue weighted by molar-refractivity contribution is -0.121. The van der Waals surface area contributed by atoms with Crippen molar-refractivity contribution in [3.63, 3.8) is 0 Å². The Morgan fingerprint density at radius 1 is 0.950 bits per heavy atom. The molecule has 2 fully saturated rings. The molecule has 1 N–H and O–H groups in total. The molecule has 10 heteroatoms. The van der Waals surface area contributed by atoms with Crippen LogP contribution in [0.4, 0.5) is 0 Å². The van der Waals surface area contributed by atoms with Crippen LogP contribution in [0.25, 0.3) is 0 Å². The molecule has 0 aromatic heterocycles. The second-order valence-electron chi connectivity index (χ2n) is 4.92. The van der Waals surface area contributed by atoms with Gasteiger partial charge in [-0.05, 0) is 12.8 Å². The highest BCUT2D eigenvalue weighted by atomic mass is 32.2. The molecule has 0 spiro atoms. The number of hydrogen-bond donors (Lipinski definition) is 1. The molecular formula is C10H19N3O5S2. The third kappa shape index (κ3) is 3.68. The Hall–Kier alpha value is -0.710. The molecule has 2 aliphatic heterocycles. The molecule has 0 saturated carbocycles. The molecular weight excluding hydrogens is 306 g/mol. The van der Waals surface area contributed by atoms with E-state index in [1.54, 1.807) is 0 Å². The van der Waals surface area contributed by atoms with E-state index >= 15 is 0 Å². The highest BCUT2D eigenvalue weighted by Gasteiger charge is 2.30. The molecule has 2 aliphatic rings. The average Bonchev–Trinajstić information content (AvgIpc) is 2.83. The van der Waals surface area contributed by atoms with Crippen LogP contribution < -0.4 is 5.32 Å². The molecule has 0 bridgehead atoms. The van der Waals surface area contributed by atoms with E-state index in [-0.39, 0.29) is 31.1 Å². The van der Waals surface area contributed by atoms with E-state index in [1.807, 2.05) is 0 Å². The summed E-state index contributed by atoms with van der Waals surface area (Å²) in [7, 11) is -6.43. The third-order valence-electron chi connectivity index (χ3n) is 3.41. The predicted octanol–water partition coefficient (Wildman–Crippen LogP) is -1.83. The summed E-state index contributed by atoms with van der Waals surface area (Å²) < 4.78 is 48.6. The summed E-state index contributed by atoms with van der Waals surface area (Å²) in [6.45, 7) is 1.11. The molecule has 2 heterocycles. The first-order chi connectivity index (χ1) is 9.31. The quantitative estimate of drug-likeness (QED) is 0.640. The van der Waals surface area contributed by atoms with Crippen LogP contribution in [0.3, 0.4) is 0 Å². The zero-order chi connectivity index (χ0) is 14.8. The van der Waals surface area contributed by atoms with Crippen molar-refractivity contribution in [2.24, 2.45) is 0 Å². The van der Waals surface area contributed by atoms with Crippen LogP contribution in [-0.4, -0.2) is 75.6 Å². The van der Waals surface area contributed by atoms with Gasteiger partial charge in [0.2, 0.25) is 26.0 Å². The minimum atomic E-state index is -3.28. The van der Waals surface area contributed by atoms with Crippen molar-refractivity contribution in [2.45, 2.75) is 12.8 Å². The van der Waals surface area contributed by atoms with E-state index in [2.05, 4.69) is 5.32 Å². The standard InChI is InChI=1S/C10H19N3O5S2/c14-10(9-13-5-2-8-20(13,17)18)11-3-6-12-4-1-7-19(12,15)16/h1-9H2,(H,11,14). The molecule has 0 radical (unpaired) electrons. The van der Waals surface area contributed by atoms with Gasteiger partial charge >= 0.3 is 0 Å². The Morgan fingerprint density at radius 3 is 2.00 bits per heavy atom. The molecule has 116 valence electrons. The molecule has 0 aromatic rings. The topological polar surface area (TPSA) is 104 Å². The molecule has 1 amide bonds. The summed E-state index contributed by atoms with van der Waals surface area (Å²) in [5, 5.41) is 2.56. The summed E-state index contributed by atoms with van der Waals surface area (Å²) in [5.41, 5.74) is 0. The van der Waals surface area contributed by atoms with Crippen LogP contribution in [-0.2, 0) is 24.8 Å². The number of rotatable bonds is 5. The van der Waals surface area contributed by atoms with Crippen molar-refractivity contribution in [2.75, 3.05) is 44.2 Å². The number of carbonyl (C=O) groups is 1. The lowest BCUT2D eigenvalue weighted by Crippen LogP contribution is -2.41. The van der Waals surface area contributed by atoms with Gasteiger partial charge in [0.25, 0.3) is 0 Å². The van der Waals surface area contributed by atoms with Gasteiger partial charge in [-0.3, -0.25) is 4.79 Å². The first kappa shape index (κ1) is 15.7. The number of carbonyl (C=O) groups excluding carboxylic acids is 1. The molecule has 20 heavy (non-hydrogen) atoms. The van der Waals surface area contributed by atoms with Gasteiger partial charge in [0.1, 0.15) is 0 Å². The van der Waals surface area contributed by atoms with Crippen LogP contribution in [0.2, 0.25) is 0 Å². The summed E-state index contributed by atoms with van der Waals surface area (Å²) in [6, 6.07) is 0. The maximum absolute atomic E-state index is 11.6. The monoisotopic (exact) mass is 325 g/mol. The van der Waals surface area contributed by atoms with Gasteiger partial charge in [-0.15, -0.1) is 0 Å². The third-order valence-corrected chi connectivity index (χ3v) is 7.27. The Balaban J connectivity index is 1.73. The van der Waals surface area contributed by atoms with E-state index in [0.29, 0.717) is 25.9 Å². The minimum Gasteiger partial charge on any atom is -0.354 e. The van der Waals surface area contributed by atoms with E-state index in [9.17, 15) is 21.6 Å². The van der Waals surface area contributed by atoms with Crippen molar-refractivity contribution in [3.05, 3.63) is 0 Å². The number of nitrogens with zero attached hydrogens (tertiary/aromatic N) is 2. The highest BCUT2D eigenvalue weighted by Crippen LogP contribution is 2.13. The summed E-state index contributed by atoms with van der Waals surface area (Å²) in [5.74, 6) is -0.147. The normalized spacial score (nSPS) is 25.8. The molecule has 0 aliphatic carbocycles. The summed E-state index contributed by atoms with van der Waals surface area (Å²) in [6.07, 6.45) is 1.16. The van der Waals surface area contributed by atoms with Crippen molar-refractivity contribution in [1.29, 1.82) is 0 Å². The fourth-order valence-electron chi connectivity index (χ4n) is 2.35. The lowest BCUT2D eigenvalue weighted by Gasteiger charge is -2.16. The van der Waals surface area contributed by atoms with Gasteiger partial charge in [0.05, 0.1) is 18.1 Å². The van der Waals surface area contributed by atoms with E-state index in [0.717, 1.165) is 4.31 Å². The van der Waals surface area contributed by atoms with Crippen molar-refractivity contribution in [3.8, 4) is 0 Å². The second-order valence-corrected chi connectivity index (χ2v) is 9.10. The van der Waals surface area contributed by atoms with Gasteiger partial charge in [-0.2, -0.15) is 4.31 Å². The Kier molecular flexibility index (Phi) is 4.67. The SMILES string of the molecule is O=C(CN1CCCS1(=O)=O)NCCN1CCCS1(=O)=O. The maximum atomic E-state index is 11.6. The van der Waals surface area contributed by atoms with Crippen LogP contribution >= 0.6 is 0 Å². The summed E-state index contributed by atoms with van der Waals surface area (Å²) >= 11 is 0. The molecule has 2 rings (SSSR count). The van der Waals surface area contributed by atoms with Gasteiger partial charge in [-0.1, -0.05) is 0 Å². The molecule has 0 aromatic carbocycles. The zero-order valence-corrected chi connectivity index (χ0v) is 12.7. The maximum Gasteiger partial charge on any atom is 0.235 e. The van der Waals surface area contributed by atoms with Gasteiger partial charge in [0, 0.05) is 26.2 Å². The smallest absolute Gasteiger partial charge is 0.235 e. The highest BCUT2D eigenvalue weighted by molar-refractivity contribution is 7.89. The van der Waals surface area contributed by atoms with Crippen molar-refractivity contribution >= 4 is 26.0 Å². The molecule has 8 nitrogen and oxygen atoms in total. The number of amides is 1. The lowest BCUT2D eigenvalue weighted by atomic mass is 10.4. The minimum absolute atomic E-state index is 0.0896. The average molecular weight is 325 g/mol. The fourth-order valence-corrected chi connectivity index (χ4v) is 5.35. The van der Waals surface area contributed by atoms with E-state index in [4.69, 9.17) is 0 Å². The van der Waals surface area contributed by atoms with Crippen LogP contribution in [0.15, 0.2) is 0 Å². The van der Waals surface area contributed by atoms with Crippen LogP contribution in [0.5, 0.6) is 0 Å². The Morgan fingerprint density at radius 2 is 1.50 bits per heavy atom. The zero-order valence-electron chi connectivity index (χ0n) is 11.1. The number of nitrogens with one attached hydrogen (secondary N) is 1. The molecule has 2 saturated heterocycles. The van der Waals surface area contributed by atoms with Gasteiger partial charge in [-0.25, -0.2) is 21.1 Å². The molecule has 0 unspecified atom stereocenters. The van der Waals surface area contributed by atoms with E-state index in [1.165, 1.54) is 4.31 Å². The van der Waals surface area contributed by atoms with Gasteiger partial charge in [0.15, 0.2) is 0 Å². The largest absolute Gasteiger partial charge is 0.354 e. The fraction of sp³-hybridized carbons (Fsp3) is 0.900. The Labute approximate surface area is 119 Å². The molecule has 0 atom stereocenters. The second kappa shape index (κ2) is 5.96. The van der Waals surface area contributed by atoms with Crippen LogP contribution in [0.1, 0.15) is 12.8 Å². The first-order valence-electron chi connectivity index (χ1n) is 6.54. The van der Waals surface area contributed by atoms with E-state index < -0.39 is 26.0 Å². The van der Waals surface area contributed by atoms with Crippen molar-refractivity contribution < 1.29 is 21.6 Å². The van der Waals surface area contributed by atoms with Gasteiger partial charge < -0.3 is 5.32 Å². The number of sulfonamides is 2. The first-order valence-corrected chi connectivity index (χ1v) is 9.75. The summed E-state index contributed by atoms with van der Waals surface area (Å²) in [4.78, 5) is 11.6. The predicted molar refractivity (Wildman–Crippen MR) is 73.0 cm³/mol. The van der Waals surface area contributed by atoms with Crippen LogP contribution in [0, 0.1) is 0 Å². The number of hydrogen-bond acceptors (Lipinski definition) is 5. The van der Waals surface area contributed by atoms with Crippen molar-refractivity contribution in [1.82, 2.24) is 13.9 Å². The Bertz CT molecular complexity index is 572.